The zero-order valence-corrected chi connectivity index (χ0v) is 10.4. The number of benzene rings is 1. The Hall–Kier alpha value is -0.770. The van der Waals surface area contributed by atoms with Gasteiger partial charge in [0.1, 0.15) is 5.75 Å². The lowest BCUT2D eigenvalue weighted by molar-refractivity contribution is 0.173. The lowest BCUT2D eigenvalue weighted by atomic mass is 10.1. The van der Waals surface area contributed by atoms with Crippen LogP contribution in [0.5, 0.6) is 5.75 Å². The van der Waals surface area contributed by atoms with Crippen molar-refractivity contribution in [1.82, 2.24) is 10.2 Å². The van der Waals surface area contributed by atoms with Crippen molar-refractivity contribution in [3.05, 3.63) is 28.8 Å². The molecular formula is C12H17ClN2O. The van der Waals surface area contributed by atoms with Crippen LogP contribution in [0.4, 0.5) is 0 Å². The topological polar surface area (TPSA) is 24.5 Å². The van der Waals surface area contributed by atoms with Gasteiger partial charge in [-0.2, -0.15) is 0 Å². The normalized spacial score (nSPS) is 16.2. The number of nitrogens with one attached hydrogen (secondary N) is 1. The Morgan fingerprint density at radius 2 is 2.25 bits per heavy atom. The summed E-state index contributed by atoms with van der Waals surface area (Å²) in [6.07, 6.45) is 0. The zero-order valence-electron chi connectivity index (χ0n) is 9.66. The molecule has 0 saturated carbocycles. The van der Waals surface area contributed by atoms with Crippen molar-refractivity contribution in [2.24, 2.45) is 0 Å². The molecule has 1 N–H and O–H groups in total. The second kappa shape index (κ2) is 5.04. The molecule has 4 heteroatoms. The summed E-state index contributed by atoms with van der Waals surface area (Å²) in [5.74, 6) is 0.735. The van der Waals surface area contributed by atoms with E-state index in [1.165, 1.54) is 5.56 Å². The van der Waals surface area contributed by atoms with Crippen molar-refractivity contribution < 1.29 is 4.74 Å². The quantitative estimate of drug-likeness (QED) is 0.868. The molecule has 0 unspecified atom stereocenters. The maximum Gasteiger partial charge on any atom is 0.137 e. The molecule has 16 heavy (non-hydrogen) atoms. The van der Waals surface area contributed by atoms with Gasteiger partial charge in [-0.25, -0.2) is 0 Å². The Bertz CT molecular complexity index is 366. The molecule has 0 aromatic heterocycles. The fourth-order valence-electron chi connectivity index (χ4n) is 1.81. The van der Waals surface area contributed by atoms with Crippen LogP contribution in [0, 0.1) is 0 Å². The highest BCUT2D eigenvalue weighted by molar-refractivity contribution is 6.32. The van der Waals surface area contributed by atoms with Gasteiger partial charge in [0.15, 0.2) is 0 Å². The van der Waals surface area contributed by atoms with E-state index in [9.17, 15) is 0 Å². The fraction of sp³-hybridized carbons (Fsp3) is 0.500. The Morgan fingerprint density at radius 3 is 2.75 bits per heavy atom. The van der Waals surface area contributed by atoms with Crippen molar-refractivity contribution in [2.75, 3.05) is 27.2 Å². The van der Waals surface area contributed by atoms with Gasteiger partial charge in [-0.1, -0.05) is 17.7 Å². The molecule has 0 radical (unpaired) electrons. The third-order valence-electron chi connectivity index (χ3n) is 3.03. The van der Waals surface area contributed by atoms with Crippen LogP contribution in [0.2, 0.25) is 5.02 Å². The largest absolute Gasteiger partial charge is 0.495 e. The lowest BCUT2D eigenvalue weighted by Crippen LogP contribution is -2.55. The number of ether oxygens (including phenoxy) is 1. The van der Waals surface area contributed by atoms with Crippen LogP contribution in [0.15, 0.2) is 18.2 Å². The highest BCUT2D eigenvalue weighted by Crippen LogP contribution is 2.25. The van der Waals surface area contributed by atoms with E-state index in [4.69, 9.17) is 16.3 Å². The monoisotopic (exact) mass is 240 g/mol. The lowest BCUT2D eigenvalue weighted by Gasteiger charge is -2.35. The second-order valence-electron chi connectivity index (χ2n) is 4.20. The number of hydrogen-bond acceptors (Lipinski definition) is 3. The van der Waals surface area contributed by atoms with Crippen molar-refractivity contribution in [3.63, 3.8) is 0 Å². The van der Waals surface area contributed by atoms with Crippen LogP contribution in [-0.4, -0.2) is 38.2 Å². The number of nitrogens with zero attached hydrogens (tertiary/aromatic N) is 1. The summed E-state index contributed by atoms with van der Waals surface area (Å²) in [6.45, 7) is 3.09. The van der Waals surface area contributed by atoms with E-state index < -0.39 is 0 Å². The van der Waals surface area contributed by atoms with E-state index in [0.717, 1.165) is 25.4 Å². The Morgan fingerprint density at radius 1 is 1.50 bits per heavy atom. The van der Waals surface area contributed by atoms with Crippen molar-refractivity contribution in [2.45, 2.75) is 12.6 Å². The van der Waals surface area contributed by atoms with Crippen molar-refractivity contribution in [3.8, 4) is 5.75 Å². The van der Waals surface area contributed by atoms with Crippen molar-refractivity contribution >= 4 is 11.6 Å². The zero-order chi connectivity index (χ0) is 11.5. The van der Waals surface area contributed by atoms with Gasteiger partial charge < -0.3 is 10.1 Å². The van der Waals surface area contributed by atoms with Gasteiger partial charge in [-0.05, 0) is 24.7 Å². The molecule has 3 nitrogen and oxygen atoms in total. The summed E-state index contributed by atoms with van der Waals surface area (Å²) >= 11 is 6.08. The molecule has 1 saturated heterocycles. The average molecular weight is 241 g/mol. The second-order valence-corrected chi connectivity index (χ2v) is 4.60. The Balaban J connectivity index is 2.01. The van der Waals surface area contributed by atoms with Gasteiger partial charge in [0, 0.05) is 25.7 Å². The van der Waals surface area contributed by atoms with E-state index in [0.29, 0.717) is 11.1 Å². The minimum Gasteiger partial charge on any atom is -0.495 e. The predicted molar refractivity (Wildman–Crippen MR) is 66.1 cm³/mol. The molecule has 1 aliphatic heterocycles. The van der Waals surface area contributed by atoms with Crippen LogP contribution >= 0.6 is 11.6 Å². The van der Waals surface area contributed by atoms with Gasteiger partial charge in [-0.3, -0.25) is 4.90 Å². The van der Waals surface area contributed by atoms with E-state index >= 15 is 0 Å². The Kier molecular flexibility index (Phi) is 3.69. The molecule has 1 heterocycles. The van der Waals surface area contributed by atoms with Gasteiger partial charge in [0.05, 0.1) is 12.1 Å². The van der Waals surface area contributed by atoms with E-state index in [2.05, 4.69) is 23.3 Å². The Labute approximate surface area is 101 Å². The first-order valence-corrected chi connectivity index (χ1v) is 5.82. The first kappa shape index (κ1) is 11.7. The number of likely N-dealkylation sites (N-methyl/N-ethyl adjacent to an activating group) is 1. The highest BCUT2D eigenvalue weighted by atomic mass is 35.5. The minimum absolute atomic E-state index is 0.654. The molecule has 0 amide bonds. The van der Waals surface area contributed by atoms with Gasteiger partial charge in [0.2, 0.25) is 0 Å². The molecule has 2 rings (SSSR count). The molecular weight excluding hydrogens is 224 g/mol. The maximum atomic E-state index is 6.08. The minimum atomic E-state index is 0.654. The van der Waals surface area contributed by atoms with Gasteiger partial charge in [-0.15, -0.1) is 0 Å². The molecule has 0 atom stereocenters. The summed E-state index contributed by atoms with van der Waals surface area (Å²) in [5.41, 5.74) is 1.22. The average Bonchev–Trinajstić information content (AvgIpc) is 2.15. The molecule has 1 fully saturated rings. The SMILES string of the molecule is COc1ccc(CN(C)C2CNC2)cc1Cl. The van der Waals surface area contributed by atoms with Crippen LogP contribution in [0.25, 0.3) is 0 Å². The molecule has 0 aliphatic carbocycles. The summed E-state index contributed by atoms with van der Waals surface area (Å²) < 4.78 is 5.13. The summed E-state index contributed by atoms with van der Waals surface area (Å²) in [4.78, 5) is 2.34. The van der Waals surface area contributed by atoms with E-state index in [1.54, 1.807) is 7.11 Å². The van der Waals surface area contributed by atoms with E-state index in [-0.39, 0.29) is 0 Å². The van der Waals surface area contributed by atoms with Crippen molar-refractivity contribution in [1.29, 1.82) is 0 Å². The molecule has 88 valence electrons. The number of rotatable bonds is 4. The van der Waals surface area contributed by atoms with Crippen LogP contribution in [-0.2, 0) is 6.54 Å². The van der Waals surface area contributed by atoms with Gasteiger partial charge in [0.25, 0.3) is 0 Å². The van der Waals surface area contributed by atoms with Crippen LogP contribution < -0.4 is 10.1 Å². The number of hydrogen-bond donors (Lipinski definition) is 1. The summed E-state index contributed by atoms with van der Waals surface area (Å²) in [5, 5.41) is 3.95. The van der Waals surface area contributed by atoms with Crippen LogP contribution in [0.3, 0.4) is 0 Å². The highest BCUT2D eigenvalue weighted by Gasteiger charge is 2.21. The molecule has 0 bridgehead atoms. The third kappa shape index (κ3) is 2.48. The van der Waals surface area contributed by atoms with E-state index in [1.807, 2.05) is 12.1 Å². The molecule has 0 spiro atoms. The molecule has 1 aliphatic rings. The fourth-order valence-corrected chi connectivity index (χ4v) is 2.09. The van der Waals surface area contributed by atoms with Crippen LogP contribution in [0.1, 0.15) is 5.56 Å². The molecule has 1 aromatic rings. The standard InChI is InChI=1S/C12H17ClN2O/c1-15(10-6-14-7-10)8-9-3-4-12(16-2)11(13)5-9/h3-5,10,14H,6-8H2,1-2H3. The maximum absolute atomic E-state index is 6.08. The smallest absolute Gasteiger partial charge is 0.137 e. The number of methoxy groups -OCH3 is 1. The number of halogens is 1. The third-order valence-corrected chi connectivity index (χ3v) is 3.33. The summed E-state index contributed by atoms with van der Waals surface area (Å²) in [6, 6.07) is 6.61. The summed E-state index contributed by atoms with van der Waals surface area (Å²) in [7, 11) is 3.77. The first-order valence-electron chi connectivity index (χ1n) is 5.44. The molecule has 1 aromatic carbocycles. The van der Waals surface area contributed by atoms with Gasteiger partial charge >= 0.3 is 0 Å². The predicted octanol–water partition coefficient (Wildman–Crippen LogP) is 1.75. The first-order chi connectivity index (χ1) is 7.70.